The number of piperazine rings is 1. The van der Waals surface area contributed by atoms with Gasteiger partial charge in [0.15, 0.2) is 5.96 Å². The van der Waals surface area contributed by atoms with Crippen LogP contribution >= 0.6 is 0 Å². The molecular weight excluding hydrogens is 200 g/mol. The van der Waals surface area contributed by atoms with Gasteiger partial charge in [0.2, 0.25) is 0 Å². The third-order valence-corrected chi connectivity index (χ3v) is 2.69. The maximum Gasteiger partial charge on any atom is 0.196 e. The number of nitrogens with one attached hydrogen (secondary N) is 1. The number of hydrogen-bond acceptors (Lipinski definition) is 2. The van der Waals surface area contributed by atoms with Crippen LogP contribution in [-0.4, -0.2) is 37.0 Å². The first-order valence-corrected chi connectivity index (χ1v) is 5.62. The monoisotopic (exact) mass is 218 g/mol. The number of nitrogens with zero attached hydrogens (tertiary/aromatic N) is 2. The second-order valence-corrected chi connectivity index (χ2v) is 4.05. The minimum Gasteiger partial charge on any atom is -0.369 e. The maximum atomic E-state index is 5.98. The summed E-state index contributed by atoms with van der Waals surface area (Å²) in [5, 5.41) is 3.29. The van der Waals surface area contributed by atoms with Crippen molar-refractivity contribution >= 4 is 11.6 Å². The lowest BCUT2D eigenvalue weighted by molar-refractivity contribution is 0.354. The van der Waals surface area contributed by atoms with Gasteiger partial charge in [-0.25, -0.2) is 4.99 Å². The van der Waals surface area contributed by atoms with Crippen molar-refractivity contribution in [3.05, 3.63) is 29.8 Å². The highest BCUT2D eigenvalue weighted by Crippen LogP contribution is 2.13. The molecule has 0 bridgehead atoms. The molecular formula is C12H18N4. The first kappa shape index (κ1) is 11.0. The van der Waals surface area contributed by atoms with Crippen molar-refractivity contribution in [3.8, 4) is 0 Å². The molecule has 1 fully saturated rings. The Morgan fingerprint density at radius 1 is 1.38 bits per heavy atom. The van der Waals surface area contributed by atoms with Crippen LogP contribution in [0.1, 0.15) is 5.56 Å². The van der Waals surface area contributed by atoms with Crippen LogP contribution in [0.4, 0.5) is 5.69 Å². The van der Waals surface area contributed by atoms with E-state index in [2.05, 4.69) is 28.2 Å². The summed E-state index contributed by atoms with van der Waals surface area (Å²) < 4.78 is 0. The average Bonchev–Trinajstić information content (AvgIpc) is 2.30. The second kappa shape index (κ2) is 4.99. The Labute approximate surface area is 96.2 Å². The molecule has 0 aliphatic carbocycles. The molecule has 0 atom stereocenters. The molecule has 0 spiro atoms. The number of aryl methyl sites for hydroxylation is 1. The third-order valence-electron chi connectivity index (χ3n) is 2.69. The normalized spacial score (nSPS) is 17.6. The number of rotatable bonds is 1. The predicted octanol–water partition coefficient (Wildman–Crippen LogP) is 0.846. The lowest BCUT2D eigenvalue weighted by atomic mass is 10.2. The van der Waals surface area contributed by atoms with Gasteiger partial charge in [-0.1, -0.05) is 12.1 Å². The maximum absolute atomic E-state index is 5.98. The van der Waals surface area contributed by atoms with Crippen molar-refractivity contribution in [1.82, 2.24) is 10.2 Å². The van der Waals surface area contributed by atoms with Crippen LogP contribution in [0.2, 0.25) is 0 Å². The van der Waals surface area contributed by atoms with Crippen molar-refractivity contribution < 1.29 is 0 Å². The Morgan fingerprint density at radius 2 is 2.12 bits per heavy atom. The fraction of sp³-hybridized carbons (Fsp3) is 0.417. The number of nitrogens with two attached hydrogens (primary N) is 1. The summed E-state index contributed by atoms with van der Waals surface area (Å²) in [6, 6.07) is 8.07. The van der Waals surface area contributed by atoms with Gasteiger partial charge >= 0.3 is 0 Å². The van der Waals surface area contributed by atoms with Crippen molar-refractivity contribution in [2.45, 2.75) is 6.92 Å². The van der Waals surface area contributed by atoms with E-state index in [1.165, 1.54) is 5.56 Å². The zero-order chi connectivity index (χ0) is 11.4. The van der Waals surface area contributed by atoms with E-state index >= 15 is 0 Å². The Morgan fingerprint density at radius 3 is 2.81 bits per heavy atom. The SMILES string of the molecule is Cc1cccc(N=C(N)N2CCNCC2)c1. The van der Waals surface area contributed by atoms with Gasteiger partial charge in [-0.3, -0.25) is 0 Å². The first-order chi connectivity index (χ1) is 7.75. The summed E-state index contributed by atoms with van der Waals surface area (Å²) in [4.78, 5) is 6.55. The van der Waals surface area contributed by atoms with E-state index in [-0.39, 0.29) is 0 Å². The molecule has 86 valence electrons. The van der Waals surface area contributed by atoms with Crippen molar-refractivity contribution in [2.75, 3.05) is 26.2 Å². The van der Waals surface area contributed by atoms with Crippen LogP contribution < -0.4 is 11.1 Å². The van der Waals surface area contributed by atoms with E-state index in [0.29, 0.717) is 5.96 Å². The van der Waals surface area contributed by atoms with Crippen molar-refractivity contribution in [3.63, 3.8) is 0 Å². The second-order valence-electron chi connectivity index (χ2n) is 4.05. The molecule has 1 saturated heterocycles. The van der Waals surface area contributed by atoms with Crippen LogP contribution in [0.15, 0.2) is 29.3 Å². The summed E-state index contributed by atoms with van der Waals surface area (Å²) in [5.41, 5.74) is 8.11. The Hall–Kier alpha value is -1.55. The predicted molar refractivity (Wildman–Crippen MR) is 66.9 cm³/mol. The van der Waals surface area contributed by atoms with E-state index < -0.39 is 0 Å². The molecule has 3 N–H and O–H groups in total. The number of aliphatic imine (C=N–C) groups is 1. The lowest BCUT2D eigenvalue weighted by Crippen LogP contribution is -2.49. The third kappa shape index (κ3) is 2.73. The van der Waals surface area contributed by atoms with Gasteiger partial charge in [0.25, 0.3) is 0 Å². The highest BCUT2D eigenvalue weighted by atomic mass is 15.3. The largest absolute Gasteiger partial charge is 0.369 e. The fourth-order valence-electron chi connectivity index (χ4n) is 1.79. The van der Waals surface area contributed by atoms with E-state index in [4.69, 9.17) is 5.73 Å². The number of hydrogen-bond donors (Lipinski definition) is 2. The molecule has 2 rings (SSSR count). The lowest BCUT2D eigenvalue weighted by Gasteiger charge is -2.28. The summed E-state index contributed by atoms with van der Waals surface area (Å²) in [7, 11) is 0. The molecule has 4 nitrogen and oxygen atoms in total. The molecule has 1 heterocycles. The summed E-state index contributed by atoms with van der Waals surface area (Å²) in [5.74, 6) is 0.618. The average molecular weight is 218 g/mol. The molecule has 0 saturated carbocycles. The molecule has 0 unspecified atom stereocenters. The van der Waals surface area contributed by atoms with E-state index in [1.54, 1.807) is 0 Å². The highest BCUT2D eigenvalue weighted by molar-refractivity contribution is 5.81. The van der Waals surface area contributed by atoms with Crippen LogP contribution in [0.3, 0.4) is 0 Å². The molecule has 0 radical (unpaired) electrons. The minimum atomic E-state index is 0.618. The van der Waals surface area contributed by atoms with Crippen LogP contribution in [0.5, 0.6) is 0 Å². The molecule has 1 aliphatic heterocycles. The molecule has 1 aromatic carbocycles. The molecule has 0 amide bonds. The quantitative estimate of drug-likeness (QED) is 0.542. The van der Waals surface area contributed by atoms with Gasteiger partial charge in [-0.05, 0) is 24.6 Å². The van der Waals surface area contributed by atoms with E-state index in [1.807, 2.05) is 18.2 Å². The van der Waals surface area contributed by atoms with Gasteiger partial charge in [0.1, 0.15) is 0 Å². The van der Waals surface area contributed by atoms with Crippen LogP contribution in [0.25, 0.3) is 0 Å². The Bertz CT molecular complexity index is 380. The van der Waals surface area contributed by atoms with Crippen LogP contribution in [0, 0.1) is 6.92 Å². The summed E-state index contributed by atoms with van der Waals surface area (Å²) >= 11 is 0. The van der Waals surface area contributed by atoms with E-state index in [9.17, 15) is 0 Å². The molecule has 16 heavy (non-hydrogen) atoms. The molecule has 4 heteroatoms. The summed E-state index contributed by atoms with van der Waals surface area (Å²) in [6.07, 6.45) is 0. The topological polar surface area (TPSA) is 53.6 Å². The number of benzene rings is 1. The van der Waals surface area contributed by atoms with Gasteiger partial charge < -0.3 is 16.0 Å². The Balaban J connectivity index is 2.10. The zero-order valence-corrected chi connectivity index (χ0v) is 9.61. The number of guanidine groups is 1. The van der Waals surface area contributed by atoms with E-state index in [0.717, 1.165) is 31.9 Å². The van der Waals surface area contributed by atoms with Crippen LogP contribution in [-0.2, 0) is 0 Å². The van der Waals surface area contributed by atoms with Gasteiger partial charge in [0.05, 0.1) is 5.69 Å². The highest BCUT2D eigenvalue weighted by Gasteiger charge is 2.11. The smallest absolute Gasteiger partial charge is 0.196 e. The van der Waals surface area contributed by atoms with Gasteiger partial charge in [-0.15, -0.1) is 0 Å². The van der Waals surface area contributed by atoms with Gasteiger partial charge in [0, 0.05) is 26.2 Å². The minimum absolute atomic E-state index is 0.618. The van der Waals surface area contributed by atoms with Crippen molar-refractivity contribution in [1.29, 1.82) is 0 Å². The van der Waals surface area contributed by atoms with Crippen molar-refractivity contribution in [2.24, 2.45) is 10.7 Å². The fourth-order valence-corrected chi connectivity index (χ4v) is 1.79. The molecule has 0 aromatic heterocycles. The zero-order valence-electron chi connectivity index (χ0n) is 9.61. The van der Waals surface area contributed by atoms with Gasteiger partial charge in [-0.2, -0.15) is 0 Å². The first-order valence-electron chi connectivity index (χ1n) is 5.62. The molecule has 1 aliphatic rings. The summed E-state index contributed by atoms with van der Waals surface area (Å²) in [6.45, 7) is 5.87. The standard InChI is InChI=1S/C12H18N4/c1-10-3-2-4-11(9-10)15-12(13)16-7-5-14-6-8-16/h2-4,9,14H,5-8H2,1H3,(H2,13,15). The molecule has 1 aromatic rings. The Kier molecular flexibility index (Phi) is 3.41.